The number of nitrogens with zero attached hydrogens (tertiary/aromatic N) is 2. The van der Waals surface area contributed by atoms with Gasteiger partial charge >= 0.3 is 6.09 Å². The molecule has 32 heavy (non-hydrogen) atoms. The quantitative estimate of drug-likeness (QED) is 0.685. The third-order valence-corrected chi connectivity index (χ3v) is 9.54. The number of rotatable bonds is 6. The molecule has 1 N–H and O–H groups in total. The smallest absolute Gasteiger partial charge is 0.407 e. The summed E-state index contributed by atoms with van der Waals surface area (Å²) in [7, 11) is -3.47. The van der Waals surface area contributed by atoms with Gasteiger partial charge in [0.1, 0.15) is 0 Å². The van der Waals surface area contributed by atoms with E-state index in [1.165, 1.54) is 4.31 Å². The third-order valence-electron chi connectivity index (χ3n) is 6.39. The van der Waals surface area contributed by atoms with Crippen LogP contribution in [-0.4, -0.2) is 62.2 Å². The van der Waals surface area contributed by atoms with Gasteiger partial charge in [0.05, 0.1) is 28.0 Å². The molecule has 2 aromatic rings. The van der Waals surface area contributed by atoms with Crippen molar-refractivity contribution >= 4 is 27.5 Å². The summed E-state index contributed by atoms with van der Waals surface area (Å²) in [6, 6.07) is 7.31. The summed E-state index contributed by atoms with van der Waals surface area (Å²) in [5, 5.41) is 3.99. The van der Waals surface area contributed by atoms with E-state index in [-0.39, 0.29) is 18.2 Å². The fraction of sp³-hybridized carbons (Fsp3) is 0.545. The topological polar surface area (TPSA) is 97.8 Å². The minimum atomic E-state index is -3.47. The first-order valence-corrected chi connectivity index (χ1v) is 13.4. The van der Waals surface area contributed by atoms with Gasteiger partial charge in [-0.1, -0.05) is 18.2 Å². The van der Waals surface area contributed by atoms with Crippen LogP contribution >= 0.6 is 11.3 Å². The van der Waals surface area contributed by atoms with Crippen LogP contribution in [0.2, 0.25) is 0 Å². The molecule has 0 bridgehead atoms. The number of benzene rings is 1. The molecule has 5 rings (SSSR count). The summed E-state index contributed by atoms with van der Waals surface area (Å²) in [4.78, 5) is 17.8. The summed E-state index contributed by atoms with van der Waals surface area (Å²) in [6.07, 6.45) is 5.83. The van der Waals surface area contributed by atoms with E-state index in [4.69, 9.17) is 9.47 Å². The van der Waals surface area contributed by atoms with Crippen LogP contribution in [0.25, 0.3) is 10.4 Å². The van der Waals surface area contributed by atoms with E-state index >= 15 is 0 Å². The van der Waals surface area contributed by atoms with Gasteiger partial charge in [-0.15, -0.1) is 11.3 Å². The fourth-order valence-electron chi connectivity index (χ4n) is 4.28. The SMILES string of the molecule is O=C(NC1CCC(c2ncc(-c3ccccc3S(=O)(=O)N3CCC3)s2)CC1)OC1COC1. The second kappa shape index (κ2) is 9.09. The van der Waals surface area contributed by atoms with Crippen molar-refractivity contribution in [2.24, 2.45) is 0 Å². The highest BCUT2D eigenvalue weighted by Crippen LogP contribution is 2.40. The monoisotopic (exact) mass is 477 g/mol. The molecule has 0 atom stereocenters. The number of nitrogens with one attached hydrogen (secondary N) is 1. The summed E-state index contributed by atoms with van der Waals surface area (Å²) >= 11 is 1.57. The van der Waals surface area contributed by atoms with Gasteiger partial charge < -0.3 is 14.8 Å². The minimum Gasteiger partial charge on any atom is -0.441 e. The normalized spacial score (nSPS) is 24.4. The fourth-order valence-corrected chi connectivity index (χ4v) is 7.20. The molecule has 172 valence electrons. The number of aromatic nitrogens is 1. The molecule has 0 spiro atoms. The maximum absolute atomic E-state index is 13.0. The van der Waals surface area contributed by atoms with Gasteiger partial charge in [0, 0.05) is 36.8 Å². The van der Waals surface area contributed by atoms with Crippen LogP contribution in [0.1, 0.15) is 43.0 Å². The molecule has 3 fully saturated rings. The maximum atomic E-state index is 13.0. The number of hydrogen-bond acceptors (Lipinski definition) is 7. The Morgan fingerprint density at radius 1 is 1.16 bits per heavy atom. The zero-order chi connectivity index (χ0) is 22.1. The van der Waals surface area contributed by atoms with Crippen LogP contribution in [0.4, 0.5) is 4.79 Å². The highest BCUT2D eigenvalue weighted by Gasteiger charge is 2.32. The first-order valence-electron chi connectivity index (χ1n) is 11.1. The molecule has 1 aromatic heterocycles. The Morgan fingerprint density at radius 3 is 2.56 bits per heavy atom. The van der Waals surface area contributed by atoms with Gasteiger partial charge in [0.2, 0.25) is 10.0 Å². The Bertz CT molecular complexity index is 1070. The summed E-state index contributed by atoms with van der Waals surface area (Å²) in [6.45, 7) is 2.14. The standard InChI is InChI=1S/C22H27N3O5S2/c26-22(30-17-13-29-14-17)24-16-8-6-15(7-9-16)21-23-12-19(31-21)18-4-1-2-5-20(18)32(27,28)25-10-3-11-25/h1-2,4-5,12,15-17H,3,6-11,13-14H2,(H,24,26). The van der Waals surface area contributed by atoms with Crippen molar-refractivity contribution in [3.63, 3.8) is 0 Å². The summed E-state index contributed by atoms with van der Waals surface area (Å²) in [5.41, 5.74) is 0.723. The lowest BCUT2D eigenvalue weighted by Crippen LogP contribution is -2.44. The molecular formula is C22H27N3O5S2. The van der Waals surface area contributed by atoms with Gasteiger partial charge in [-0.2, -0.15) is 4.31 Å². The van der Waals surface area contributed by atoms with Gasteiger partial charge in [0.15, 0.2) is 6.10 Å². The van der Waals surface area contributed by atoms with Crippen molar-refractivity contribution in [3.05, 3.63) is 35.5 Å². The van der Waals surface area contributed by atoms with Gasteiger partial charge in [-0.3, -0.25) is 0 Å². The lowest BCUT2D eigenvalue weighted by atomic mass is 9.86. The van der Waals surface area contributed by atoms with E-state index in [2.05, 4.69) is 10.3 Å². The predicted octanol–water partition coefficient (Wildman–Crippen LogP) is 3.36. The maximum Gasteiger partial charge on any atom is 0.407 e. The average Bonchev–Trinajstić information content (AvgIpc) is 3.20. The highest BCUT2D eigenvalue weighted by molar-refractivity contribution is 7.89. The molecule has 0 radical (unpaired) electrons. The molecule has 3 aliphatic rings. The molecular weight excluding hydrogens is 450 g/mol. The molecule has 0 unspecified atom stereocenters. The summed E-state index contributed by atoms with van der Waals surface area (Å²) in [5.74, 6) is 0.321. The van der Waals surface area contributed by atoms with Crippen molar-refractivity contribution in [1.82, 2.24) is 14.6 Å². The van der Waals surface area contributed by atoms with E-state index in [1.807, 2.05) is 12.1 Å². The number of thiazole rings is 1. The van der Waals surface area contributed by atoms with Crippen LogP contribution in [-0.2, 0) is 19.5 Å². The Kier molecular flexibility index (Phi) is 6.20. The molecule has 10 heteroatoms. The molecule has 1 saturated carbocycles. The van der Waals surface area contributed by atoms with Crippen LogP contribution < -0.4 is 5.32 Å². The lowest BCUT2D eigenvalue weighted by molar-refractivity contribution is -0.0985. The second-order valence-corrected chi connectivity index (χ2v) is 11.5. The number of alkyl carbamates (subject to hydrolysis) is 1. The Hall–Kier alpha value is -2.01. The molecule has 2 aliphatic heterocycles. The van der Waals surface area contributed by atoms with Crippen molar-refractivity contribution in [1.29, 1.82) is 0 Å². The van der Waals surface area contributed by atoms with Gasteiger partial charge in [0.25, 0.3) is 0 Å². The largest absolute Gasteiger partial charge is 0.441 e. The molecule has 2 saturated heterocycles. The predicted molar refractivity (Wildman–Crippen MR) is 120 cm³/mol. The number of sulfonamides is 1. The van der Waals surface area contributed by atoms with Crippen LogP contribution in [0.15, 0.2) is 35.4 Å². The first kappa shape index (κ1) is 21.8. The number of ether oxygens (including phenoxy) is 2. The zero-order valence-electron chi connectivity index (χ0n) is 17.7. The van der Waals surface area contributed by atoms with Crippen molar-refractivity contribution in [2.45, 2.75) is 55.1 Å². The van der Waals surface area contributed by atoms with E-state index in [9.17, 15) is 13.2 Å². The molecule has 1 aromatic carbocycles. The average molecular weight is 478 g/mol. The third kappa shape index (κ3) is 4.41. The second-order valence-electron chi connectivity index (χ2n) is 8.57. The molecule has 1 aliphatic carbocycles. The van der Waals surface area contributed by atoms with Crippen LogP contribution in [0, 0.1) is 0 Å². The van der Waals surface area contributed by atoms with E-state index in [0.717, 1.165) is 47.6 Å². The Morgan fingerprint density at radius 2 is 1.91 bits per heavy atom. The van der Waals surface area contributed by atoms with Gasteiger partial charge in [-0.25, -0.2) is 18.2 Å². The Balaban J connectivity index is 1.23. The highest BCUT2D eigenvalue weighted by atomic mass is 32.2. The van der Waals surface area contributed by atoms with Crippen LogP contribution in [0.3, 0.4) is 0 Å². The van der Waals surface area contributed by atoms with Crippen molar-refractivity contribution in [2.75, 3.05) is 26.3 Å². The number of carbonyl (C=O) groups is 1. The molecule has 1 amide bonds. The number of hydrogen-bond donors (Lipinski definition) is 1. The van der Waals surface area contributed by atoms with Gasteiger partial charge in [-0.05, 0) is 38.2 Å². The van der Waals surface area contributed by atoms with E-state index in [1.54, 1.807) is 29.7 Å². The summed E-state index contributed by atoms with van der Waals surface area (Å²) < 4.78 is 37.8. The zero-order valence-corrected chi connectivity index (χ0v) is 19.4. The number of amides is 1. The molecule has 3 heterocycles. The van der Waals surface area contributed by atoms with Crippen molar-refractivity contribution < 1.29 is 22.7 Å². The van der Waals surface area contributed by atoms with Crippen molar-refractivity contribution in [3.8, 4) is 10.4 Å². The molecule has 8 nitrogen and oxygen atoms in total. The van der Waals surface area contributed by atoms with E-state index < -0.39 is 10.0 Å². The Labute approximate surface area is 192 Å². The van der Waals surface area contributed by atoms with Crippen LogP contribution in [0.5, 0.6) is 0 Å². The first-order chi connectivity index (χ1) is 15.5. The lowest BCUT2D eigenvalue weighted by Gasteiger charge is -2.30. The number of carbonyl (C=O) groups excluding carboxylic acids is 1. The minimum absolute atomic E-state index is 0.113. The van der Waals surface area contributed by atoms with E-state index in [0.29, 0.717) is 37.1 Å².